The number of carbonyl (C=O) groups is 1. The van der Waals surface area contributed by atoms with Crippen molar-refractivity contribution in [3.8, 4) is 0 Å². The van der Waals surface area contributed by atoms with Crippen LogP contribution in [0.5, 0.6) is 0 Å². The van der Waals surface area contributed by atoms with E-state index in [1.165, 1.54) is 0 Å². The number of ether oxygens (including phenoxy) is 1. The van der Waals surface area contributed by atoms with Gasteiger partial charge in [-0.15, -0.1) is 11.6 Å². The normalized spacial score (nSPS) is 10.2. The van der Waals surface area contributed by atoms with Gasteiger partial charge in [-0.1, -0.05) is 31.9 Å². The van der Waals surface area contributed by atoms with Crippen molar-refractivity contribution in [1.29, 1.82) is 0 Å². The molecule has 1 aromatic rings. The average Bonchev–Trinajstić information content (AvgIpc) is 2.23. The molecule has 16 heavy (non-hydrogen) atoms. The first-order valence-electron chi connectivity index (χ1n) is 4.76. The van der Waals surface area contributed by atoms with E-state index in [1.807, 2.05) is 12.1 Å². The summed E-state index contributed by atoms with van der Waals surface area (Å²) < 4.78 is 6.69. The van der Waals surface area contributed by atoms with E-state index >= 15 is 0 Å². The minimum atomic E-state index is -0.234. The Balaban J connectivity index is 2.95. The quantitative estimate of drug-likeness (QED) is 0.590. The van der Waals surface area contributed by atoms with Gasteiger partial charge in [-0.05, 0) is 30.2 Å². The maximum atomic E-state index is 11.4. The van der Waals surface area contributed by atoms with Crippen molar-refractivity contribution in [3.63, 3.8) is 0 Å². The van der Waals surface area contributed by atoms with E-state index in [-0.39, 0.29) is 12.4 Å². The largest absolute Gasteiger partial charge is 0.466 e. The standard InChI is InChI=1S/C11H11Br2ClO2/c1-2-16-10(15)5-7-3-9(12)4-8(6-14)11(7)13/h3-4H,2,5-6H2,1H3. The monoisotopic (exact) mass is 368 g/mol. The molecule has 88 valence electrons. The van der Waals surface area contributed by atoms with Gasteiger partial charge in [0.1, 0.15) is 0 Å². The zero-order chi connectivity index (χ0) is 12.1. The van der Waals surface area contributed by atoms with Crippen LogP contribution in [0.2, 0.25) is 0 Å². The molecule has 2 nitrogen and oxygen atoms in total. The zero-order valence-corrected chi connectivity index (χ0v) is 12.7. The first-order valence-corrected chi connectivity index (χ1v) is 6.89. The maximum Gasteiger partial charge on any atom is 0.310 e. The summed E-state index contributed by atoms with van der Waals surface area (Å²) in [5, 5.41) is 0. The summed E-state index contributed by atoms with van der Waals surface area (Å²) in [6.07, 6.45) is 0.248. The van der Waals surface area contributed by atoms with Crippen molar-refractivity contribution >= 4 is 49.4 Å². The molecule has 0 aliphatic rings. The van der Waals surface area contributed by atoms with Crippen LogP contribution in [0, 0.1) is 0 Å². The summed E-state index contributed by atoms with van der Waals surface area (Å²) in [6.45, 7) is 2.19. The highest BCUT2D eigenvalue weighted by atomic mass is 79.9. The topological polar surface area (TPSA) is 26.3 Å². The molecule has 0 heterocycles. The SMILES string of the molecule is CCOC(=O)Cc1cc(Br)cc(CCl)c1Br. The van der Waals surface area contributed by atoms with Crippen LogP contribution in [0.3, 0.4) is 0 Å². The van der Waals surface area contributed by atoms with Crippen LogP contribution in [0.15, 0.2) is 21.1 Å². The first kappa shape index (κ1) is 14.0. The van der Waals surface area contributed by atoms with Gasteiger partial charge in [0, 0.05) is 14.8 Å². The average molecular weight is 370 g/mol. The van der Waals surface area contributed by atoms with E-state index in [9.17, 15) is 4.79 Å². The van der Waals surface area contributed by atoms with E-state index in [4.69, 9.17) is 16.3 Å². The van der Waals surface area contributed by atoms with Crippen LogP contribution in [-0.2, 0) is 21.8 Å². The van der Waals surface area contributed by atoms with Gasteiger partial charge in [0.05, 0.1) is 13.0 Å². The predicted octanol–water partition coefficient (Wildman–Crippen LogP) is 4.06. The van der Waals surface area contributed by atoms with Gasteiger partial charge in [-0.3, -0.25) is 4.79 Å². The number of benzene rings is 1. The third kappa shape index (κ3) is 3.75. The van der Waals surface area contributed by atoms with Gasteiger partial charge in [-0.25, -0.2) is 0 Å². The third-order valence-corrected chi connectivity index (χ3v) is 3.74. The van der Waals surface area contributed by atoms with Crippen LogP contribution >= 0.6 is 43.5 Å². The lowest BCUT2D eigenvalue weighted by Crippen LogP contribution is -2.08. The van der Waals surface area contributed by atoms with Gasteiger partial charge in [0.15, 0.2) is 0 Å². The Morgan fingerprint density at radius 3 is 2.56 bits per heavy atom. The highest BCUT2D eigenvalue weighted by Gasteiger charge is 2.11. The fraction of sp³-hybridized carbons (Fsp3) is 0.364. The van der Waals surface area contributed by atoms with Crippen molar-refractivity contribution in [3.05, 3.63) is 32.2 Å². The van der Waals surface area contributed by atoms with E-state index < -0.39 is 0 Å². The molecule has 0 amide bonds. The molecule has 0 N–H and O–H groups in total. The Hall–Kier alpha value is -0.0600. The first-order chi connectivity index (χ1) is 7.58. The third-order valence-electron chi connectivity index (χ3n) is 1.97. The second-order valence-corrected chi connectivity index (χ2v) is 5.13. The fourth-order valence-corrected chi connectivity index (χ4v) is 2.74. The Labute approximate surface area is 117 Å². The molecule has 0 aliphatic heterocycles. The summed E-state index contributed by atoms with van der Waals surface area (Å²) in [7, 11) is 0. The molecule has 0 radical (unpaired) electrons. The van der Waals surface area contributed by atoms with E-state index in [0.717, 1.165) is 20.1 Å². The molecule has 0 bridgehead atoms. The lowest BCUT2D eigenvalue weighted by Gasteiger charge is -2.09. The molecule has 1 rings (SSSR count). The number of hydrogen-bond donors (Lipinski definition) is 0. The van der Waals surface area contributed by atoms with Gasteiger partial charge in [0.2, 0.25) is 0 Å². The van der Waals surface area contributed by atoms with Crippen LogP contribution in [-0.4, -0.2) is 12.6 Å². The zero-order valence-electron chi connectivity index (χ0n) is 8.73. The Morgan fingerprint density at radius 2 is 2.00 bits per heavy atom. The van der Waals surface area contributed by atoms with Gasteiger partial charge in [-0.2, -0.15) is 0 Å². The number of rotatable bonds is 4. The summed E-state index contributed by atoms with van der Waals surface area (Å²) in [5.41, 5.74) is 1.83. The van der Waals surface area contributed by atoms with Crippen molar-refractivity contribution < 1.29 is 9.53 Å². The van der Waals surface area contributed by atoms with Gasteiger partial charge >= 0.3 is 5.97 Å². The smallest absolute Gasteiger partial charge is 0.310 e. The molecule has 0 atom stereocenters. The second kappa shape index (κ2) is 6.62. The van der Waals surface area contributed by atoms with Gasteiger partial charge in [0.25, 0.3) is 0 Å². The number of alkyl halides is 1. The van der Waals surface area contributed by atoms with Crippen molar-refractivity contribution in [1.82, 2.24) is 0 Å². The fourth-order valence-electron chi connectivity index (χ4n) is 1.30. The minimum Gasteiger partial charge on any atom is -0.466 e. The van der Waals surface area contributed by atoms with Crippen LogP contribution in [0.4, 0.5) is 0 Å². The van der Waals surface area contributed by atoms with E-state index in [2.05, 4.69) is 31.9 Å². The highest BCUT2D eigenvalue weighted by Crippen LogP contribution is 2.28. The molecule has 0 fully saturated rings. The van der Waals surface area contributed by atoms with Crippen molar-refractivity contribution in [2.24, 2.45) is 0 Å². The van der Waals surface area contributed by atoms with Crippen molar-refractivity contribution in [2.45, 2.75) is 19.2 Å². The van der Waals surface area contributed by atoms with E-state index in [1.54, 1.807) is 6.92 Å². The molecule has 0 aromatic heterocycles. The lowest BCUT2D eigenvalue weighted by atomic mass is 10.1. The number of hydrogen-bond acceptors (Lipinski definition) is 2. The molecule has 0 saturated carbocycles. The van der Waals surface area contributed by atoms with Crippen LogP contribution in [0.1, 0.15) is 18.1 Å². The molecule has 0 unspecified atom stereocenters. The number of esters is 1. The summed E-state index contributed by atoms with van der Waals surface area (Å²) in [6, 6.07) is 3.81. The van der Waals surface area contributed by atoms with E-state index in [0.29, 0.717) is 12.5 Å². The molecular formula is C11H11Br2ClO2. The maximum absolute atomic E-state index is 11.4. The molecule has 0 spiro atoms. The van der Waals surface area contributed by atoms with Crippen LogP contribution < -0.4 is 0 Å². The predicted molar refractivity (Wildman–Crippen MR) is 71.7 cm³/mol. The number of halogens is 3. The van der Waals surface area contributed by atoms with Crippen molar-refractivity contribution in [2.75, 3.05) is 6.61 Å². The minimum absolute atomic E-state index is 0.234. The molecule has 0 saturated heterocycles. The molecule has 0 aliphatic carbocycles. The second-order valence-electron chi connectivity index (χ2n) is 3.15. The van der Waals surface area contributed by atoms with Gasteiger partial charge < -0.3 is 4.74 Å². The Bertz CT molecular complexity index is 394. The highest BCUT2D eigenvalue weighted by molar-refractivity contribution is 9.11. The molecule has 1 aromatic carbocycles. The summed E-state index contributed by atoms with van der Waals surface area (Å²) in [5.74, 6) is 0.164. The molecule has 5 heteroatoms. The summed E-state index contributed by atoms with van der Waals surface area (Å²) in [4.78, 5) is 11.4. The Morgan fingerprint density at radius 1 is 1.38 bits per heavy atom. The van der Waals surface area contributed by atoms with Crippen LogP contribution in [0.25, 0.3) is 0 Å². The Kier molecular flexibility index (Phi) is 5.79. The molecular weight excluding hydrogens is 359 g/mol. The lowest BCUT2D eigenvalue weighted by molar-refractivity contribution is -0.142. The number of carbonyl (C=O) groups excluding carboxylic acids is 1. The summed E-state index contributed by atoms with van der Waals surface area (Å²) >= 11 is 12.6.